The number of fused-ring (bicyclic) bond motifs is 1. The first-order chi connectivity index (χ1) is 17.2. The Labute approximate surface area is 204 Å². The van der Waals surface area contributed by atoms with Crippen LogP contribution in [-0.4, -0.2) is 56.3 Å². The summed E-state index contributed by atoms with van der Waals surface area (Å²) < 4.78 is 2.00. The fraction of sp³-hybridized carbons (Fsp3) is 0.407. The lowest BCUT2D eigenvalue weighted by atomic mass is 10.0. The van der Waals surface area contributed by atoms with Gasteiger partial charge in [0.1, 0.15) is 6.04 Å². The van der Waals surface area contributed by atoms with Gasteiger partial charge in [0.15, 0.2) is 5.82 Å². The molecule has 4 aromatic rings. The number of anilines is 1. The van der Waals surface area contributed by atoms with Gasteiger partial charge in [0.25, 0.3) is 5.56 Å². The van der Waals surface area contributed by atoms with Gasteiger partial charge in [0.2, 0.25) is 0 Å². The largest absolute Gasteiger partial charge is 0.369 e. The second kappa shape index (κ2) is 9.26. The molecule has 2 aliphatic rings. The zero-order chi connectivity index (χ0) is 23.8. The molecule has 1 saturated carbocycles. The average molecular weight is 470 g/mol. The predicted octanol–water partition coefficient (Wildman–Crippen LogP) is 3.85. The maximum Gasteiger partial charge on any atom is 0.253 e. The van der Waals surface area contributed by atoms with E-state index in [1.54, 1.807) is 0 Å². The molecular weight excluding hydrogens is 438 g/mol. The van der Waals surface area contributed by atoms with Gasteiger partial charge in [-0.1, -0.05) is 49.2 Å². The van der Waals surface area contributed by atoms with Crippen LogP contribution in [0, 0.1) is 6.92 Å². The Balaban J connectivity index is 1.40. The SMILES string of the molecule is Cc1cccc2cc([C@@H](c3nnnn3C3CCCC3)N3CCN(c4ccccc4)CC3)c(=O)[nH]c12. The van der Waals surface area contributed by atoms with Gasteiger partial charge in [-0.05, 0) is 59.3 Å². The van der Waals surface area contributed by atoms with Gasteiger partial charge in [-0.15, -0.1) is 5.10 Å². The van der Waals surface area contributed by atoms with Crippen LogP contribution in [-0.2, 0) is 0 Å². The molecule has 1 N–H and O–H groups in total. The van der Waals surface area contributed by atoms with Crippen LogP contribution in [0.1, 0.15) is 54.7 Å². The molecule has 8 nitrogen and oxygen atoms in total. The molecule has 8 heteroatoms. The Morgan fingerprint density at radius 3 is 2.51 bits per heavy atom. The zero-order valence-corrected chi connectivity index (χ0v) is 20.1. The smallest absolute Gasteiger partial charge is 0.253 e. The monoisotopic (exact) mass is 469 g/mol. The third-order valence-electron chi connectivity index (χ3n) is 7.65. The number of tetrazole rings is 1. The Kier molecular flexibility index (Phi) is 5.82. The minimum absolute atomic E-state index is 0.0664. The second-order valence-electron chi connectivity index (χ2n) is 9.77. The molecular formula is C27H31N7O. The van der Waals surface area contributed by atoms with E-state index in [-0.39, 0.29) is 11.6 Å². The summed E-state index contributed by atoms with van der Waals surface area (Å²) in [5, 5.41) is 14.1. The number of nitrogens with zero attached hydrogens (tertiary/aromatic N) is 6. The van der Waals surface area contributed by atoms with Gasteiger partial charge in [-0.3, -0.25) is 9.69 Å². The van der Waals surface area contributed by atoms with Crippen molar-refractivity contribution in [2.45, 2.75) is 44.7 Å². The number of piperazine rings is 1. The number of hydrogen-bond acceptors (Lipinski definition) is 6. The highest BCUT2D eigenvalue weighted by Gasteiger charge is 2.34. The van der Waals surface area contributed by atoms with E-state index in [1.807, 2.05) is 35.9 Å². The molecule has 1 saturated heterocycles. The molecule has 0 amide bonds. The van der Waals surface area contributed by atoms with Crippen molar-refractivity contribution in [3.63, 3.8) is 0 Å². The quantitative estimate of drug-likeness (QED) is 0.478. The molecule has 2 aromatic carbocycles. The molecule has 35 heavy (non-hydrogen) atoms. The summed E-state index contributed by atoms with van der Waals surface area (Å²) in [4.78, 5) is 21.5. The number of pyridine rings is 1. The lowest BCUT2D eigenvalue weighted by Crippen LogP contribution is -2.49. The number of benzene rings is 2. The number of H-pyrrole nitrogens is 1. The number of nitrogens with one attached hydrogen (secondary N) is 1. The second-order valence-corrected chi connectivity index (χ2v) is 9.77. The fourth-order valence-electron chi connectivity index (χ4n) is 5.77. The van der Waals surface area contributed by atoms with E-state index in [9.17, 15) is 4.79 Å². The van der Waals surface area contributed by atoms with Crippen LogP contribution in [0.4, 0.5) is 5.69 Å². The van der Waals surface area contributed by atoms with Crippen LogP contribution >= 0.6 is 0 Å². The minimum Gasteiger partial charge on any atom is -0.369 e. The molecule has 0 radical (unpaired) electrons. The lowest BCUT2D eigenvalue weighted by Gasteiger charge is -2.39. The van der Waals surface area contributed by atoms with Crippen molar-refractivity contribution in [2.24, 2.45) is 0 Å². The van der Waals surface area contributed by atoms with Crippen LogP contribution in [0.25, 0.3) is 10.9 Å². The molecule has 1 aliphatic heterocycles. The van der Waals surface area contributed by atoms with Crippen molar-refractivity contribution >= 4 is 16.6 Å². The van der Waals surface area contributed by atoms with Crippen LogP contribution in [0.2, 0.25) is 0 Å². The number of para-hydroxylation sites is 2. The van der Waals surface area contributed by atoms with Gasteiger partial charge in [0, 0.05) is 37.4 Å². The van der Waals surface area contributed by atoms with Gasteiger partial charge >= 0.3 is 0 Å². The number of rotatable bonds is 5. The lowest BCUT2D eigenvalue weighted by molar-refractivity contribution is 0.197. The molecule has 0 unspecified atom stereocenters. The Morgan fingerprint density at radius 1 is 0.971 bits per heavy atom. The van der Waals surface area contributed by atoms with Crippen LogP contribution < -0.4 is 10.5 Å². The summed E-state index contributed by atoms with van der Waals surface area (Å²) in [6, 6.07) is 18.7. The van der Waals surface area contributed by atoms with Crippen molar-refractivity contribution in [1.82, 2.24) is 30.1 Å². The number of aromatic nitrogens is 5. The van der Waals surface area contributed by atoms with Crippen molar-refractivity contribution in [3.8, 4) is 0 Å². The van der Waals surface area contributed by atoms with E-state index in [0.29, 0.717) is 11.6 Å². The first-order valence-electron chi connectivity index (χ1n) is 12.6. The normalized spacial score (nSPS) is 18.4. The van der Waals surface area contributed by atoms with Crippen LogP contribution in [0.3, 0.4) is 0 Å². The summed E-state index contributed by atoms with van der Waals surface area (Å²) >= 11 is 0. The van der Waals surface area contributed by atoms with Gasteiger partial charge in [-0.2, -0.15) is 0 Å². The van der Waals surface area contributed by atoms with Gasteiger partial charge in [0.05, 0.1) is 11.6 Å². The van der Waals surface area contributed by atoms with E-state index >= 15 is 0 Å². The first kappa shape index (κ1) is 22.0. The Bertz CT molecular complexity index is 1370. The molecule has 180 valence electrons. The third-order valence-corrected chi connectivity index (χ3v) is 7.65. The summed E-state index contributed by atoms with van der Waals surface area (Å²) in [6.07, 6.45) is 4.56. The minimum atomic E-state index is -0.294. The maximum atomic E-state index is 13.5. The van der Waals surface area contributed by atoms with E-state index in [4.69, 9.17) is 0 Å². The molecule has 0 bridgehead atoms. The number of aryl methyl sites for hydroxylation is 1. The zero-order valence-electron chi connectivity index (χ0n) is 20.1. The van der Waals surface area contributed by atoms with Crippen molar-refractivity contribution in [2.75, 3.05) is 31.1 Å². The highest BCUT2D eigenvalue weighted by atomic mass is 16.1. The molecule has 0 spiro atoms. The first-order valence-corrected chi connectivity index (χ1v) is 12.6. The van der Waals surface area contributed by atoms with Crippen molar-refractivity contribution in [3.05, 3.63) is 81.9 Å². The summed E-state index contributed by atoms with van der Waals surface area (Å²) in [7, 11) is 0. The molecule has 2 aromatic heterocycles. The Hall–Kier alpha value is -3.52. The maximum absolute atomic E-state index is 13.5. The number of aromatic amines is 1. The van der Waals surface area contributed by atoms with Crippen molar-refractivity contribution < 1.29 is 0 Å². The number of hydrogen-bond donors (Lipinski definition) is 1. The summed E-state index contributed by atoms with van der Waals surface area (Å²) in [6.45, 7) is 5.44. The molecule has 1 aliphatic carbocycles. The molecule has 2 fully saturated rings. The van der Waals surface area contributed by atoms with Gasteiger partial charge in [-0.25, -0.2) is 4.68 Å². The topological polar surface area (TPSA) is 82.9 Å². The highest BCUT2D eigenvalue weighted by molar-refractivity contribution is 5.82. The standard InChI is InChI=1S/C27H31N7O/c1-19-8-7-9-20-18-23(27(35)28-24(19)20)25(26-29-30-31-34(26)22-12-5-6-13-22)33-16-14-32(15-17-33)21-10-3-2-4-11-21/h2-4,7-11,18,22,25H,5-6,12-17H2,1H3,(H,28,35)/t25-/m0/s1. The van der Waals surface area contributed by atoms with Crippen LogP contribution in [0.15, 0.2) is 59.4 Å². The highest BCUT2D eigenvalue weighted by Crippen LogP contribution is 2.34. The Morgan fingerprint density at radius 2 is 1.74 bits per heavy atom. The van der Waals surface area contributed by atoms with E-state index in [0.717, 1.165) is 61.3 Å². The predicted molar refractivity (Wildman–Crippen MR) is 137 cm³/mol. The van der Waals surface area contributed by atoms with Crippen LogP contribution in [0.5, 0.6) is 0 Å². The van der Waals surface area contributed by atoms with E-state index in [2.05, 4.69) is 60.6 Å². The van der Waals surface area contributed by atoms with Gasteiger partial charge < -0.3 is 9.88 Å². The third kappa shape index (κ3) is 4.12. The van der Waals surface area contributed by atoms with E-state index < -0.39 is 0 Å². The summed E-state index contributed by atoms with van der Waals surface area (Å²) in [5.74, 6) is 0.780. The summed E-state index contributed by atoms with van der Waals surface area (Å²) in [5.41, 5.74) is 3.84. The van der Waals surface area contributed by atoms with E-state index in [1.165, 1.54) is 18.5 Å². The average Bonchev–Trinajstić information content (AvgIpc) is 3.59. The fourth-order valence-corrected chi connectivity index (χ4v) is 5.77. The molecule has 1 atom stereocenters. The molecule has 3 heterocycles. The molecule has 6 rings (SSSR count). The van der Waals surface area contributed by atoms with Crippen molar-refractivity contribution in [1.29, 1.82) is 0 Å².